The van der Waals surface area contributed by atoms with Gasteiger partial charge in [-0.3, -0.25) is 0 Å². The minimum Gasteiger partial charge on any atom is -0.457 e. The van der Waals surface area contributed by atoms with Crippen LogP contribution in [0.1, 0.15) is 40.7 Å². The van der Waals surface area contributed by atoms with Gasteiger partial charge in [0.15, 0.2) is 5.82 Å². The lowest BCUT2D eigenvalue weighted by Crippen LogP contribution is -2.32. The summed E-state index contributed by atoms with van der Waals surface area (Å²) in [6, 6.07) is 67.4. The second-order valence-corrected chi connectivity index (χ2v) is 15.9. The quantitative estimate of drug-likeness (QED) is 0.175. The van der Waals surface area contributed by atoms with Crippen molar-refractivity contribution in [3.63, 3.8) is 0 Å². The average molecular weight is 767 g/mol. The van der Waals surface area contributed by atoms with Gasteiger partial charge in [-0.05, 0) is 92.4 Å². The molecule has 282 valence electrons. The maximum absolute atomic E-state index is 6.78. The first-order valence-corrected chi connectivity index (χ1v) is 20.8. The Balaban J connectivity index is 1.07. The van der Waals surface area contributed by atoms with E-state index in [9.17, 15) is 0 Å². The number of hydrogen-bond acceptors (Lipinski definition) is 3. The van der Waals surface area contributed by atoms with Gasteiger partial charge in [0.25, 0.3) is 0 Å². The first-order valence-electron chi connectivity index (χ1n) is 20.8. The third-order valence-corrected chi connectivity index (χ3v) is 12.6. The summed E-state index contributed by atoms with van der Waals surface area (Å²) in [5.41, 5.74) is 16.3. The number of fused-ring (bicyclic) bond motifs is 10. The second-order valence-electron chi connectivity index (χ2n) is 15.9. The molecule has 1 aliphatic heterocycles. The van der Waals surface area contributed by atoms with Crippen molar-refractivity contribution in [2.24, 2.45) is 0 Å². The Morgan fingerprint density at radius 2 is 1.00 bits per heavy atom. The molecule has 3 aliphatic rings. The van der Waals surface area contributed by atoms with Gasteiger partial charge in [0.1, 0.15) is 11.5 Å². The van der Waals surface area contributed by atoms with Crippen LogP contribution in [0.25, 0.3) is 72.5 Å². The molecule has 2 aliphatic carbocycles. The molecule has 0 saturated heterocycles. The number of nitrogens with zero attached hydrogens (tertiary/aromatic N) is 2. The summed E-state index contributed by atoms with van der Waals surface area (Å²) in [7, 11) is 0. The van der Waals surface area contributed by atoms with E-state index in [0.717, 1.165) is 74.7 Å². The first-order chi connectivity index (χ1) is 29.8. The number of benzene rings is 8. The van der Waals surface area contributed by atoms with E-state index in [4.69, 9.17) is 14.7 Å². The summed E-state index contributed by atoms with van der Waals surface area (Å²) < 4.78 is 6.78. The summed E-state index contributed by atoms with van der Waals surface area (Å²) in [6.45, 7) is 0. The third kappa shape index (κ3) is 5.22. The molecule has 8 aromatic carbocycles. The molecule has 9 aromatic rings. The highest BCUT2D eigenvalue weighted by Gasteiger charge is 2.51. The Bertz CT molecular complexity index is 3200. The molecular formula is C57H38N2O. The molecule has 0 unspecified atom stereocenters. The number of ether oxygens (including phenoxy) is 1. The predicted octanol–water partition coefficient (Wildman–Crippen LogP) is 14.5. The zero-order valence-corrected chi connectivity index (χ0v) is 32.8. The Morgan fingerprint density at radius 1 is 0.400 bits per heavy atom. The third-order valence-electron chi connectivity index (χ3n) is 12.6. The van der Waals surface area contributed by atoms with Crippen molar-refractivity contribution in [1.82, 2.24) is 9.97 Å². The van der Waals surface area contributed by atoms with Gasteiger partial charge in [-0.25, -0.2) is 9.97 Å². The normalized spacial score (nSPS) is 14.2. The largest absolute Gasteiger partial charge is 0.457 e. The highest BCUT2D eigenvalue weighted by molar-refractivity contribution is 6.04. The van der Waals surface area contributed by atoms with E-state index >= 15 is 0 Å². The monoisotopic (exact) mass is 766 g/mol. The molecule has 12 rings (SSSR count). The molecule has 2 heterocycles. The van der Waals surface area contributed by atoms with E-state index < -0.39 is 5.41 Å². The zero-order valence-electron chi connectivity index (χ0n) is 32.8. The van der Waals surface area contributed by atoms with Crippen LogP contribution in [0.3, 0.4) is 0 Å². The second kappa shape index (κ2) is 13.8. The Hall–Kier alpha value is -7.62. The van der Waals surface area contributed by atoms with Gasteiger partial charge in [-0.2, -0.15) is 0 Å². The van der Waals surface area contributed by atoms with Gasteiger partial charge in [0, 0.05) is 27.8 Å². The highest BCUT2D eigenvalue weighted by atomic mass is 16.5. The van der Waals surface area contributed by atoms with Crippen LogP contribution in [0, 0.1) is 0 Å². The van der Waals surface area contributed by atoms with E-state index in [1.165, 1.54) is 44.2 Å². The molecule has 0 fully saturated rings. The van der Waals surface area contributed by atoms with Crippen molar-refractivity contribution in [1.29, 1.82) is 0 Å². The van der Waals surface area contributed by atoms with Gasteiger partial charge < -0.3 is 4.74 Å². The van der Waals surface area contributed by atoms with Crippen molar-refractivity contribution < 1.29 is 4.74 Å². The molecule has 0 amide bonds. The maximum Gasteiger partial charge on any atom is 0.161 e. The highest BCUT2D eigenvalue weighted by Crippen LogP contribution is 2.62. The lowest BCUT2D eigenvalue weighted by molar-refractivity contribution is 0.436. The average Bonchev–Trinajstić information content (AvgIpc) is 3.62. The van der Waals surface area contributed by atoms with Crippen LogP contribution in [-0.4, -0.2) is 9.97 Å². The van der Waals surface area contributed by atoms with Gasteiger partial charge in [0.2, 0.25) is 0 Å². The molecule has 0 atom stereocenters. The number of para-hydroxylation sites is 1. The minimum absolute atomic E-state index is 0.560. The van der Waals surface area contributed by atoms with Crippen LogP contribution in [0.4, 0.5) is 0 Å². The number of allylic oxidation sites excluding steroid dienone is 4. The molecule has 0 saturated carbocycles. The van der Waals surface area contributed by atoms with Crippen molar-refractivity contribution in [3.8, 4) is 67.7 Å². The molecule has 1 spiro atoms. The Morgan fingerprint density at radius 3 is 1.75 bits per heavy atom. The summed E-state index contributed by atoms with van der Waals surface area (Å²) >= 11 is 0. The molecule has 0 radical (unpaired) electrons. The van der Waals surface area contributed by atoms with E-state index in [1.54, 1.807) is 0 Å². The fraction of sp³-hybridized carbons (Fsp3) is 0.0526. The van der Waals surface area contributed by atoms with Crippen LogP contribution in [0.2, 0.25) is 0 Å². The summed E-state index contributed by atoms with van der Waals surface area (Å²) in [6.07, 6.45) is 9.03. The minimum atomic E-state index is -0.560. The summed E-state index contributed by atoms with van der Waals surface area (Å²) in [4.78, 5) is 10.8. The van der Waals surface area contributed by atoms with Gasteiger partial charge >= 0.3 is 0 Å². The number of hydrogen-bond donors (Lipinski definition) is 0. The van der Waals surface area contributed by atoms with Crippen molar-refractivity contribution >= 4 is 16.3 Å². The van der Waals surface area contributed by atoms with E-state index in [2.05, 4.69) is 206 Å². The van der Waals surface area contributed by atoms with Crippen LogP contribution in [-0.2, 0) is 5.41 Å². The van der Waals surface area contributed by atoms with Gasteiger partial charge in [-0.15, -0.1) is 0 Å². The van der Waals surface area contributed by atoms with Crippen molar-refractivity contribution in [2.45, 2.75) is 18.3 Å². The van der Waals surface area contributed by atoms with Gasteiger partial charge in [-0.1, -0.05) is 182 Å². The fourth-order valence-corrected chi connectivity index (χ4v) is 10.0. The molecule has 0 N–H and O–H groups in total. The smallest absolute Gasteiger partial charge is 0.161 e. The van der Waals surface area contributed by atoms with Crippen LogP contribution in [0.15, 0.2) is 206 Å². The first kappa shape index (κ1) is 34.4. The summed E-state index contributed by atoms with van der Waals surface area (Å²) in [5.74, 6) is 2.43. The Kier molecular flexibility index (Phi) is 7.89. The van der Waals surface area contributed by atoms with E-state index in [1.807, 2.05) is 0 Å². The lowest BCUT2D eigenvalue weighted by Gasteiger charge is -2.39. The maximum atomic E-state index is 6.78. The molecule has 0 bridgehead atoms. The Labute approximate surface area is 349 Å². The molecule has 60 heavy (non-hydrogen) atoms. The lowest BCUT2D eigenvalue weighted by atomic mass is 9.65. The standard InChI is InChI=1S/C57H38N2O/c1-3-17-37(18-4-1)41-32-33-46(43-23-9-8-22-42(41)43)53-36-52(38-19-5-2-6-20-38)58-56(59-53)47-26-10-7-21-40(47)39-31-34-55-51(35-39)57(50-29-15-16-30-54(50)60-55)48-27-13-11-24-44(48)45-25-12-14-28-49(45)57/h2-3,5-36H,1,4H2. The fourth-order valence-electron chi connectivity index (χ4n) is 10.0. The van der Waals surface area contributed by atoms with Crippen LogP contribution in [0.5, 0.6) is 11.5 Å². The summed E-state index contributed by atoms with van der Waals surface area (Å²) in [5, 5.41) is 2.39. The number of rotatable bonds is 5. The van der Waals surface area contributed by atoms with Crippen LogP contribution >= 0.6 is 0 Å². The molecule has 3 nitrogen and oxygen atoms in total. The SMILES string of the molecule is C1=CC(c2ccc(-c3cc(-c4ccccc4)nc(-c4ccccc4-c4ccc5c(c4)C4(c6ccccc6O5)c5ccccc5-c5ccccc54)n3)c3ccccc23)=CCC1. The zero-order chi connectivity index (χ0) is 39.6. The van der Waals surface area contributed by atoms with E-state index in [-0.39, 0.29) is 0 Å². The van der Waals surface area contributed by atoms with Crippen molar-refractivity contribution in [3.05, 3.63) is 234 Å². The predicted molar refractivity (Wildman–Crippen MR) is 245 cm³/mol. The number of aromatic nitrogens is 2. The molecular weight excluding hydrogens is 729 g/mol. The molecule has 1 aromatic heterocycles. The van der Waals surface area contributed by atoms with Gasteiger partial charge in [0.05, 0.1) is 16.8 Å². The van der Waals surface area contributed by atoms with E-state index in [0.29, 0.717) is 5.82 Å². The van der Waals surface area contributed by atoms with Crippen LogP contribution < -0.4 is 4.74 Å². The molecule has 3 heteroatoms. The van der Waals surface area contributed by atoms with Crippen molar-refractivity contribution in [2.75, 3.05) is 0 Å². The topological polar surface area (TPSA) is 35.0 Å².